The SMILES string of the molecule is O=C1OCCN1c1cccc(NCC2CCOCC2)c1. The second-order valence-corrected chi connectivity index (χ2v) is 5.25. The largest absolute Gasteiger partial charge is 0.447 e. The van der Waals surface area contributed by atoms with Gasteiger partial charge in [0.2, 0.25) is 0 Å². The van der Waals surface area contributed by atoms with Gasteiger partial charge in [0, 0.05) is 31.1 Å². The molecule has 0 radical (unpaired) electrons. The fourth-order valence-corrected chi connectivity index (χ4v) is 2.62. The van der Waals surface area contributed by atoms with E-state index in [-0.39, 0.29) is 6.09 Å². The van der Waals surface area contributed by atoms with Crippen LogP contribution in [-0.2, 0) is 9.47 Å². The summed E-state index contributed by atoms with van der Waals surface area (Å²) in [6, 6.07) is 7.94. The van der Waals surface area contributed by atoms with E-state index >= 15 is 0 Å². The third-order valence-corrected chi connectivity index (χ3v) is 3.85. The zero-order chi connectivity index (χ0) is 13.8. The lowest BCUT2D eigenvalue weighted by molar-refractivity contribution is 0.0699. The Morgan fingerprint density at radius 2 is 2.10 bits per heavy atom. The molecular weight excluding hydrogens is 256 g/mol. The molecule has 0 spiro atoms. The predicted molar refractivity (Wildman–Crippen MR) is 77.2 cm³/mol. The van der Waals surface area contributed by atoms with Crippen LogP contribution in [0.15, 0.2) is 24.3 Å². The lowest BCUT2D eigenvalue weighted by Crippen LogP contribution is -2.24. The van der Waals surface area contributed by atoms with E-state index in [2.05, 4.69) is 5.32 Å². The number of anilines is 2. The van der Waals surface area contributed by atoms with Crippen molar-refractivity contribution in [3.63, 3.8) is 0 Å². The van der Waals surface area contributed by atoms with Crippen LogP contribution in [0.1, 0.15) is 12.8 Å². The molecule has 5 nitrogen and oxygen atoms in total. The molecule has 1 aromatic carbocycles. The summed E-state index contributed by atoms with van der Waals surface area (Å²) < 4.78 is 10.3. The number of nitrogens with one attached hydrogen (secondary N) is 1. The van der Waals surface area contributed by atoms with Crippen LogP contribution >= 0.6 is 0 Å². The number of amides is 1. The van der Waals surface area contributed by atoms with Gasteiger partial charge in [-0.1, -0.05) is 6.07 Å². The Morgan fingerprint density at radius 3 is 2.85 bits per heavy atom. The van der Waals surface area contributed by atoms with Crippen LogP contribution in [0.5, 0.6) is 0 Å². The smallest absolute Gasteiger partial charge is 0.414 e. The first-order chi connectivity index (χ1) is 9.83. The van der Waals surface area contributed by atoms with Crippen LogP contribution in [0.25, 0.3) is 0 Å². The molecule has 0 saturated carbocycles. The number of ether oxygens (including phenoxy) is 2. The molecule has 0 aliphatic carbocycles. The Morgan fingerprint density at radius 1 is 1.25 bits per heavy atom. The second-order valence-electron chi connectivity index (χ2n) is 5.25. The van der Waals surface area contributed by atoms with E-state index in [0.29, 0.717) is 19.1 Å². The van der Waals surface area contributed by atoms with Crippen molar-refractivity contribution in [2.45, 2.75) is 12.8 Å². The summed E-state index contributed by atoms with van der Waals surface area (Å²) in [7, 11) is 0. The maximum absolute atomic E-state index is 11.6. The summed E-state index contributed by atoms with van der Waals surface area (Å²) in [5.74, 6) is 0.671. The third-order valence-electron chi connectivity index (χ3n) is 3.85. The summed E-state index contributed by atoms with van der Waals surface area (Å²) in [6.45, 7) is 3.79. The number of hydrogen-bond acceptors (Lipinski definition) is 4. The van der Waals surface area contributed by atoms with Gasteiger partial charge in [-0.3, -0.25) is 4.90 Å². The Balaban J connectivity index is 1.60. The average molecular weight is 276 g/mol. The van der Waals surface area contributed by atoms with E-state index in [9.17, 15) is 4.79 Å². The lowest BCUT2D eigenvalue weighted by atomic mass is 10.0. The van der Waals surface area contributed by atoms with E-state index in [4.69, 9.17) is 9.47 Å². The first-order valence-electron chi connectivity index (χ1n) is 7.19. The molecule has 20 heavy (non-hydrogen) atoms. The molecule has 2 aliphatic rings. The number of carbonyl (C=O) groups is 1. The van der Waals surface area contributed by atoms with Crippen LogP contribution in [0.2, 0.25) is 0 Å². The fraction of sp³-hybridized carbons (Fsp3) is 0.533. The van der Waals surface area contributed by atoms with Gasteiger partial charge in [0.05, 0.1) is 6.54 Å². The highest BCUT2D eigenvalue weighted by Crippen LogP contribution is 2.23. The van der Waals surface area contributed by atoms with Crippen LogP contribution in [0.3, 0.4) is 0 Å². The molecule has 2 heterocycles. The predicted octanol–water partition coefficient (Wildman–Crippen LogP) is 2.48. The zero-order valence-corrected chi connectivity index (χ0v) is 11.5. The summed E-state index contributed by atoms with van der Waals surface area (Å²) in [5, 5.41) is 3.46. The molecule has 0 atom stereocenters. The van der Waals surface area contributed by atoms with Crippen LogP contribution in [-0.4, -0.2) is 39.0 Å². The normalized spacial score (nSPS) is 20.0. The van der Waals surface area contributed by atoms with Crippen molar-refractivity contribution in [2.24, 2.45) is 5.92 Å². The van der Waals surface area contributed by atoms with Crippen molar-refractivity contribution in [1.82, 2.24) is 0 Å². The highest BCUT2D eigenvalue weighted by atomic mass is 16.6. The van der Waals surface area contributed by atoms with Crippen molar-refractivity contribution in [2.75, 3.05) is 43.1 Å². The van der Waals surface area contributed by atoms with Crippen LogP contribution in [0, 0.1) is 5.92 Å². The number of carbonyl (C=O) groups excluding carboxylic acids is 1. The van der Waals surface area contributed by atoms with Crippen molar-refractivity contribution < 1.29 is 14.3 Å². The molecule has 0 unspecified atom stereocenters. The monoisotopic (exact) mass is 276 g/mol. The standard InChI is InChI=1S/C15H20N2O3/c18-15-17(6-9-20-15)14-3-1-2-13(10-14)16-11-12-4-7-19-8-5-12/h1-3,10,12,16H,4-9,11H2. The summed E-state index contributed by atoms with van der Waals surface area (Å²) in [6.07, 6.45) is 1.97. The highest BCUT2D eigenvalue weighted by Gasteiger charge is 2.23. The minimum Gasteiger partial charge on any atom is -0.447 e. The molecule has 3 rings (SSSR count). The minimum absolute atomic E-state index is 0.258. The average Bonchev–Trinajstić information content (AvgIpc) is 2.93. The Labute approximate surface area is 118 Å². The van der Waals surface area contributed by atoms with Crippen molar-refractivity contribution in [3.05, 3.63) is 24.3 Å². The topological polar surface area (TPSA) is 50.8 Å². The van der Waals surface area contributed by atoms with Crippen LogP contribution in [0.4, 0.5) is 16.2 Å². The first kappa shape index (κ1) is 13.2. The molecule has 0 bridgehead atoms. The molecular formula is C15H20N2O3. The van der Waals surface area contributed by atoms with E-state index in [1.165, 1.54) is 0 Å². The number of benzene rings is 1. The summed E-state index contributed by atoms with van der Waals surface area (Å²) >= 11 is 0. The third kappa shape index (κ3) is 3.04. The maximum Gasteiger partial charge on any atom is 0.414 e. The van der Waals surface area contributed by atoms with Gasteiger partial charge in [0.1, 0.15) is 6.61 Å². The van der Waals surface area contributed by atoms with Gasteiger partial charge in [-0.2, -0.15) is 0 Å². The lowest BCUT2D eigenvalue weighted by Gasteiger charge is -2.23. The zero-order valence-electron chi connectivity index (χ0n) is 11.5. The van der Waals surface area contributed by atoms with Crippen molar-refractivity contribution >= 4 is 17.5 Å². The summed E-state index contributed by atoms with van der Waals surface area (Å²) in [4.78, 5) is 13.2. The molecule has 0 aromatic heterocycles. The Bertz CT molecular complexity index is 472. The quantitative estimate of drug-likeness (QED) is 0.918. The molecule has 5 heteroatoms. The maximum atomic E-state index is 11.6. The number of hydrogen-bond donors (Lipinski definition) is 1. The van der Waals surface area contributed by atoms with Gasteiger partial charge < -0.3 is 14.8 Å². The highest BCUT2D eigenvalue weighted by molar-refractivity contribution is 5.89. The molecule has 1 amide bonds. The number of rotatable bonds is 4. The van der Waals surface area contributed by atoms with Crippen LogP contribution < -0.4 is 10.2 Å². The first-order valence-corrected chi connectivity index (χ1v) is 7.19. The molecule has 1 aromatic rings. The molecule has 2 fully saturated rings. The second kappa shape index (κ2) is 6.13. The molecule has 108 valence electrons. The van der Waals surface area contributed by atoms with Crippen molar-refractivity contribution in [1.29, 1.82) is 0 Å². The van der Waals surface area contributed by atoms with Gasteiger partial charge in [0.15, 0.2) is 0 Å². The molecule has 2 saturated heterocycles. The van der Waals surface area contributed by atoms with E-state index < -0.39 is 0 Å². The Hall–Kier alpha value is -1.75. The van der Waals surface area contributed by atoms with Gasteiger partial charge in [0.25, 0.3) is 0 Å². The van der Waals surface area contributed by atoms with E-state index in [0.717, 1.165) is 44.0 Å². The summed E-state index contributed by atoms with van der Waals surface area (Å²) in [5.41, 5.74) is 1.94. The fourth-order valence-electron chi connectivity index (χ4n) is 2.62. The number of cyclic esters (lactones) is 1. The molecule has 1 N–H and O–H groups in total. The number of nitrogens with zero attached hydrogens (tertiary/aromatic N) is 1. The molecule has 2 aliphatic heterocycles. The minimum atomic E-state index is -0.258. The van der Waals surface area contributed by atoms with Gasteiger partial charge in [-0.15, -0.1) is 0 Å². The van der Waals surface area contributed by atoms with Gasteiger partial charge in [-0.25, -0.2) is 4.79 Å². The van der Waals surface area contributed by atoms with E-state index in [1.807, 2.05) is 24.3 Å². The van der Waals surface area contributed by atoms with Gasteiger partial charge >= 0.3 is 6.09 Å². The van der Waals surface area contributed by atoms with E-state index in [1.54, 1.807) is 4.90 Å². The Kier molecular flexibility index (Phi) is 4.06. The van der Waals surface area contributed by atoms with Crippen molar-refractivity contribution in [3.8, 4) is 0 Å². The van der Waals surface area contributed by atoms with Gasteiger partial charge in [-0.05, 0) is 37.0 Å².